The third-order valence-corrected chi connectivity index (χ3v) is 2.23. The summed E-state index contributed by atoms with van der Waals surface area (Å²) in [6.07, 6.45) is 9.27. The third-order valence-electron chi connectivity index (χ3n) is 2.23. The van der Waals surface area contributed by atoms with Crippen LogP contribution in [-0.2, 0) is 0 Å². The SMILES string of the molecule is [N-]=[N+]=NCCCCCCCCCCO. The lowest BCUT2D eigenvalue weighted by Gasteiger charge is -1.99. The van der Waals surface area contributed by atoms with Crippen LogP contribution in [0.4, 0.5) is 0 Å². The number of azide groups is 1. The fourth-order valence-electron chi connectivity index (χ4n) is 1.40. The second kappa shape index (κ2) is 12.3. The Morgan fingerprint density at radius 3 is 1.86 bits per heavy atom. The summed E-state index contributed by atoms with van der Waals surface area (Å²) >= 11 is 0. The molecule has 0 unspecified atom stereocenters. The molecule has 0 rings (SSSR count). The van der Waals surface area contributed by atoms with Crippen LogP contribution in [0.1, 0.15) is 51.4 Å². The Morgan fingerprint density at radius 2 is 1.36 bits per heavy atom. The molecule has 4 nitrogen and oxygen atoms in total. The van der Waals surface area contributed by atoms with Crippen molar-refractivity contribution >= 4 is 0 Å². The van der Waals surface area contributed by atoms with Crippen molar-refractivity contribution in [3.63, 3.8) is 0 Å². The molecule has 0 heterocycles. The molecule has 0 atom stereocenters. The van der Waals surface area contributed by atoms with E-state index < -0.39 is 0 Å². The van der Waals surface area contributed by atoms with Gasteiger partial charge in [-0.05, 0) is 18.4 Å². The van der Waals surface area contributed by atoms with Gasteiger partial charge in [0.25, 0.3) is 0 Å². The summed E-state index contributed by atoms with van der Waals surface area (Å²) in [6.45, 7) is 0.965. The lowest BCUT2D eigenvalue weighted by atomic mass is 10.1. The molecular formula is C10H21N3O. The van der Waals surface area contributed by atoms with Gasteiger partial charge in [-0.3, -0.25) is 0 Å². The van der Waals surface area contributed by atoms with Gasteiger partial charge < -0.3 is 5.11 Å². The van der Waals surface area contributed by atoms with Gasteiger partial charge in [-0.1, -0.05) is 43.6 Å². The standard InChI is InChI=1S/C10H21N3O/c11-13-12-9-7-5-3-1-2-4-6-8-10-14/h14H,1-10H2. The predicted molar refractivity (Wildman–Crippen MR) is 58.0 cm³/mol. The smallest absolute Gasteiger partial charge is 0.0431 e. The van der Waals surface area contributed by atoms with Crippen LogP contribution in [0.15, 0.2) is 5.11 Å². The van der Waals surface area contributed by atoms with E-state index in [1.165, 1.54) is 32.1 Å². The van der Waals surface area contributed by atoms with Crippen LogP contribution in [0.3, 0.4) is 0 Å². The Kier molecular flexibility index (Phi) is 11.6. The molecule has 0 aromatic heterocycles. The number of hydrogen-bond acceptors (Lipinski definition) is 2. The zero-order valence-corrected chi connectivity index (χ0v) is 8.86. The molecule has 0 saturated heterocycles. The van der Waals surface area contributed by atoms with Gasteiger partial charge in [0, 0.05) is 18.1 Å². The number of aliphatic hydroxyl groups excluding tert-OH is 1. The van der Waals surface area contributed by atoms with Gasteiger partial charge in [0.15, 0.2) is 0 Å². The second-order valence-corrected chi connectivity index (χ2v) is 3.51. The van der Waals surface area contributed by atoms with Gasteiger partial charge in [-0.15, -0.1) is 0 Å². The summed E-state index contributed by atoms with van der Waals surface area (Å²) in [7, 11) is 0. The van der Waals surface area contributed by atoms with Crippen molar-refractivity contribution in [3.8, 4) is 0 Å². The molecule has 0 fully saturated rings. The van der Waals surface area contributed by atoms with Crippen molar-refractivity contribution in [2.45, 2.75) is 51.4 Å². The third kappa shape index (κ3) is 11.3. The number of nitrogens with zero attached hydrogens (tertiary/aromatic N) is 3. The lowest BCUT2D eigenvalue weighted by molar-refractivity contribution is 0.282. The van der Waals surface area contributed by atoms with E-state index in [2.05, 4.69) is 10.0 Å². The average molecular weight is 199 g/mol. The molecule has 0 spiro atoms. The minimum atomic E-state index is 0.326. The number of hydrogen-bond donors (Lipinski definition) is 1. The van der Waals surface area contributed by atoms with Crippen LogP contribution in [-0.4, -0.2) is 18.3 Å². The van der Waals surface area contributed by atoms with Crippen LogP contribution in [0.2, 0.25) is 0 Å². The molecule has 0 aliphatic carbocycles. The van der Waals surface area contributed by atoms with Crippen molar-refractivity contribution in [1.82, 2.24) is 0 Å². The maximum Gasteiger partial charge on any atom is 0.0431 e. The van der Waals surface area contributed by atoms with Crippen molar-refractivity contribution in [2.75, 3.05) is 13.2 Å². The molecule has 0 radical (unpaired) electrons. The summed E-state index contributed by atoms with van der Waals surface area (Å²) < 4.78 is 0. The van der Waals surface area contributed by atoms with Crippen molar-refractivity contribution in [3.05, 3.63) is 10.4 Å². The molecule has 14 heavy (non-hydrogen) atoms. The first-order valence-corrected chi connectivity index (χ1v) is 5.53. The van der Waals surface area contributed by atoms with Crippen molar-refractivity contribution in [2.24, 2.45) is 5.11 Å². The van der Waals surface area contributed by atoms with Gasteiger partial charge in [0.2, 0.25) is 0 Å². The maximum atomic E-state index is 8.55. The minimum Gasteiger partial charge on any atom is -0.396 e. The normalized spacial score (nSPS) is 9.79. The highest BCUT2D eigenvalue weighted by Gasteiger charge is 1.91. The quantitative estimate of drug-likeness (QED) is 0.249. The molecule has 0 amide bonds. The molecule has 0 saturated carbocycles. The van der Waals surface area contributed by atoms with Gasteiger partial charge in [0.1, 0.15) is 0 Å². The van der Waals surface area contributed by atoms with E-state index >= 15 is 0 Å². The molecular weight excluding hydrogens is 178 g/mol. The van der Waals surface area contributed by atoms with E-state index in [-0.39, 0.29) is 0 Å². The average Bonchev–Trinajstić information content (AvgIpc) is 2.21. The van der Waals surface area contributed by atoms with Crippen molar-refractivity contribution in [1.29, 1.82) is 0 Å². The molecule has 0 bridgehead atoms. The molecule has 82 valence electrons. The Morgan fingerprint density at radius 1 is 0.857 bits per heavy atom. The van der Waals surface area contributed by atoms with Crippen LogP contribution in [0, 0.1) is 0 Å². The first-order valence-electron chi connectivity index (χ1n) is 5.53. The summed E-state index contributed by atoms with van der Waals surface area (Å²) in [5, 5.41) is 12.0. The molecule has 0 aliphatic heterocycles. The van der Waals surface area contributed by atoms with Crippen LogP contribution < -0.4 is 0 Å². The predicted octanol–water partition coefficient (Wildman–Crippen LogP) is 3.41. The van der Waals surface area contributed by atoms with Gasteiger partial charge in [0.05, 0.1) is 0 Å². The van der Waals surface area contributed by atoms with Crippen molar-refractivity contribution < 1.29 is 5.11 Å². The van der Waals surface area contributed by atoms with E-state index in [4.69, 9.17) is 10.6 Å². The number of rotatable bonds is 10. The molecule has 0 aliphatic rings. The van der Waals surface area contributed by atoms with E-state index in [9.17, 15) is 0 Å². The Hall–Kier alpha value is -0.730. The van der Waals surface area contributed by atoms with Crippen LogP contribution in [0.5, 0.6) is 0 Å². The summed E-state index contributed by atoms with van der Waals surface area (Å²) in [4.78, 5) is 2.70. The number of aliphatic hydroxyl groups is 1. The highest BCUT2D eigenvalue weighted by molar-refractivity contribution is 4.49. The lowest BCUT2D eigenvalue weighted by Crippen LogP contribution is -1.85. The fraction of sp³-hybridized carbons (Fsp3) is 1.00. The Bertz CT molecular complexity index is 155. The highest BCUT2D eigenvalue weighted by Crippen LogP contribution is 2.08. The zero-order chi connectivity index (χ0) is 10.5. The molecule has 4 heteroatoms. The topological polar surface area (TPSA) is 69.0 Å². The number of unbranched alkanes of at least 4 members (excludes halogenated alkanes) is 7. The summed E-state index contributed by atoms with van der Waals surface area (Å²) in [6, 6.07) is 0. The van der Waals surface area contributed by atoms with Gasteiger partial charge >= 0.3 is 0 Å². The van der Waals surface area contributed by atoms with Gasteiger partial charge in [-0.25, -0.2) is 0 Å². The second-order valence-electron chi connectivity index (χ2n) is 3.51. The summed E-state index contributed by atoms with van der Waals surface area (Å²) in [5.74, 6) is 0. The monoisotopic (exact) mass is 199 g/mol. The minimum absolute atomic E-state index is 0.326. The van der Waals surface area contributed by atoms with Gasteiger partial charge in [-0.2, -0.15) is 0 Å². The molecule has 0 aromatic rings. The Balaban J connectivity index is 2.88. The van der Waals surface area contributed by atoms with Crippen LogP contribution >= 0.6 is 0 Å². The Labute approximate surface area is 86.0 Å². The van der Waals surface area contributed by atoms with E-state index in [0.717, 1.165) is 19.3 Å². The van der Waals surface area contributed by atoms with E-state index in [1.54, 1.807) is 0 Å². The largest absolute Gasteiger partial charge is 0.396 e. The summed E-state index contributed by atoms with van der Waals surface area (Å²) in [5.41, 5.74) is 8.03. The first-order chi connectivity index (χ1) is 6.91. The highest BCUT2D eigenvalue weighted by atomic mass is 16.2. The van der Waals surface area contributed by atoms with E-state index in [0.29, 0.717) is 13.2 Å². The van der Waals surface area contributed by atoms with E-state index in [1.807, 2.05) is 0 Å². The zero-order valence-electron chi connectivity index (χ0n) is 8.86. The molecule has 0 aromatic carbocycles. The fourth-order valence-corrected chi connectivity index (χ4v) is 1.40. The first kappa shape index (κ1) is 13.3. The molecule has 1 N–H and O–H groups in total. The van der Waals surface area contributed by atoms with Crippen LogP contribution in [0.25, 0.3) is 10.4 Å². The maximum absolute atomic E-state index is 8.55.